The Kier molecular flexibility index (Phi) is 7.05. The molecule has 4 heteroatoms. The van der Waals surface area contributed by atoms with Crippen molar-refractivity contribution in [2.45, 2.75) is 26.0 Å². The van der Waals surface area contributed by atoms with E-state index in [1.807, 2.05) is 30.0 Å². The van der Waals surface area contributed by atoms with Crippen LogP contribution in [0.1, 0.15) is 26.0 Å². The molecule has 0 amide bonds. The Morgan fingerprint density at radius 2 is 2.29 bits per heavy atom. The SMILES string of the molecule is CCCNc1cccc(CSCC(C)CO)n1. The molecule has 1 heterocycles. The van der Waals surface area contributed by atoms with Gasteiger partial charge < -0.3 is 10.4 Å². The summed E-state index contributed by atoms with van der Waals surface area (Å²) in [5.74, 6) is 3.21. The van der Waals surface area contributed by atoms with Crippen LogP contribution < -0.4 is 5.32 Å². The number of aliphatic hydroxyl groups is 1. The third-order valence-electron chi connectivity index (χ3n) is 2.33. The van der Waals surface area contributed by atoms with Crippen molar-refractivity contribution in [2.75, 3.05) is 24.2 Å². The Labute approximate surface area is 108 Å². The van der Waals surface area contributed by atoms with Crippen molar-refractivity contribution in [3.8, 4) is 0 Å². The summed E-state index contributed by atoms with van der Waals surface area (Å²) in [5.41, 5.74) is 1.10. The number of hydrogen-bond acceptors (Lipinski definition) is 4. The van der Waals surface area contributed by atoms with E-state index >= 15 is 0 Å². The van der Waals surface area contributed by atoms with Gasteiger partial charge in [-0.1, -0.05) is 19.9 Å². The highest BCUT2D eigenvalue weighted by atomic mass is 32.2. The summed E-state index contributed by atoms with van der Waals surface area (Å²) in [6.07, 6.45) is 1.11. The third kappa shape index (κ3) is 5.94. The van der Waals surface area contributed by atoms with Gasteiger partial charge in [-0.3, -0.25) is 0 Å². The van der Waals surface area contributed by atoms with E-state index in [0.29, 0.717) is 5.92 Å². The molecule has 0 aliphatic heterocycles. The maximum atomic E-state index is 8.93. The zero-order chi connectivity index (χ0) is 12.5. The Bertz CT molecular complexity index is 320. The van der Waals surface area contributed by atoms with Crippen molar-refractivity contribution < 1.29 is 5.11 Å². The Morgan fingerprint density at radius 1 is 1.47 bits per heavy atom. The standard InChI is InChI=1S/C13H22N2OS/c1-3-7-14-13-6-4-5-12(15-13)10-17-9-11(2)8-16/h4-6,11,16H,3,7-10H2,1-2H3,(H,14,15). The van der Waals surface area contributed by atoms with Crippen LogP contribution in [0.5, 0.6) is 0 Å². The maximum Gasteiger partial charge on any atom is 0.126 e. The molecule has 0 saturated carbocycles. The molecule has 1 aromatic rings. The second kappa shape index (κ2) is 8.37. The number of aliphatic hydroxyl groups excluding tert-OH is 1. The molecule has 1 atom stereocenters. The van der Waals surface area contributed by atoms with Gasteiger partial charge in [-0.25, -0.2) is 4.98 Å². The molecule has 17 heavy (non-hydrogen) atoms. The molecule has 0 saturated heterocycles. The highest BCUT2D eigenvalue weighted by molar-refractivity contribution is 7.98. The number of rotatable bonds is 8. The molecule has 1 rings (SSSR count). The van der Waals surface area contributed by atoms with Crippen LogP contribution in [0.25, 0.3) is 0 Å². The van der Waals surface area contributed by atoms with Gasteiger partial charge in [-0.15, -0.1) is 0 Å². The number of nitrogens with one attached hydrogen (secondary N) is 1. The molecule has 1 aromatic heterocycles. The first-order valence-electron chi connectivity index (χ1n) is 6.14. The summed E-state index contributed by atoms with van der Waals surface area (Å²) in [6, 6.07) is 6.09. The molecule has 2 N–H and O–H groups in total. The average molecular weight is 254 g/mol. The molecule has 1 unspecified atom stereocenters. The number of thioether (sulfide) groups is 1. The van der Waals surface area contributed by atoms with Crippen LogP contribution in [-0.2, 0) is 5.75 Å². The van der Waals surface area contributed by atoms with Crippen molar-refractivity contribution in [2.24, 2.45) is 5.92 Å². The first-order chi connectivity index (χ1) is 8.26. The van der Waals surface area contributed by atoms with Crippen molar-refractivity contribution in [3.63, 3.8) is 0 Å². The zero-order valence-electron chi connectivity index (χ0n) is 10.6. The monoisotopic (exact) mass is 254 g/mol. The molecule has 0 bridgehead atoms. The summed E-state index contributed by atoms with van der Waals surface area (Å²) in [5, 5.41) is 12.2. The van der Waals surface area contributed by atoms with Crippen molar-refractivity contribution in [3.05, 3.63) is 23.9 Å². The molecule has 0 aliphatic carbocycles. The minimum absolute atomic E-state index is 0.262. The normalized spacial score (nSPS) is 12.4. The number of nitrogens with zero attached hydrogens (tertiary/aromatic N) is 1. The predicted molar refractivity (Wildman–Crippen MR) is 75.4 cm³/mol. The summed E-state index contributed by atoms with van der Waals surface area (Å²) in [6.45, 7) is 5.42. The van der Waals surface area contributed by atoms with Gasteiger partial charge in [0.25, 0.3) is 0 Å². The lowest BCUT2D eigenvalue weighted by Gasteiger charge is -2.08. The van der Waals surface area contributed by atoms with Gasteiger partial charge >= 0.3 is 0 Å². The van der Waals surface area contributed by atoms with E-state index in [9.17, 15) is 0 Å². The van der Waals surface area contributed by atoms with E-state index < -0.39 is 0 Å². The Balaban J connectivity index is 2.37. The van der Waals surface area contributed by atoms with Gasteiger partial charge in [0.15, 0.2) is 0 Å². The van der Waals surface area contributed by atoms with E-state index in [2.05, 4.69) is 24.1 Å². The molecule has 0 fully saturated rings. The fraction of sp³-hybridized carbons (Fsp3) is 0.615. The predicted octanol–water partition coefficient (Wildman–Crippen LogP) is 2.77. The van der Waals surface area contributed by atoms with Crippen LogP contribution in [0.15, 0.2) is 18.2 Å². The second-order valence-electron chi connectivity index (χ2n) is 4.24. The molecular formula is C13H22N2OS. The van der Waals surface area contributed by atoms with Gasteiger partial charge in [0.1, 0.15) is 5.82 Å². The van der Waals surface area contributed by atoms with Crippen LogP contribution in [0.2, 0.25) is 0 Å². The average Bonchev–Trinajstić information content (AvgIpc) is 2.36. The van der Waals surface area contributed by atoms with Gasteiger partial charge in [0, 0.05) is 18.9 Å². The molecular weight excluding hydrogens is 232 g/mol. The smallest absolute Gasteiger partial charge is 0.126 e. The lowest BCUT2D eigenvalue weighted by atomic mass is 10.2. The highest BCUT2D eigenvalue weighted by Crippen LogP contribution is 2.15. The zero-order valence-corrected chi connectivity index (χ0v) is 11.5. The lowest BCUT2D eigenvalue weighted by Crippen LogP contribution is -2.05. The summed E-state index contributed by atoms with van der Waals surface area (Å²) < 4.78 is 0. The molecule has 0 aliphatic rings. The maximum absolute atomic E-state index is 8.93. The van der Waals surface area contributed by atoms with Crippen molar-refractivity contribution in [1.29, 1.82) is 0 Å². The summed E-state index contributed by atoms with van der Waals surface area (Å²) >= 11 is 1.82. The van der Waals surface area contributed by atoms with Crippen LogP contribution in [0, 0.1) is 5.92 Å². The van der Waals surface area contributed by atoms with E-state index in [0.717, 1.165) is 36.0 Å². The third-order valence-corrected chi connectivity index (χ3v) is 3.63. The lowest BCUT2D eigenvalue weighted by molar-refractivity contribution is 0.250. The van der Waals surface area contributed by atoms with Gasteiger partial charge in [0.2, 0.25) is 0 Å². The minimum Gasteiger partial charge on any atom is -0.396 e. The number of pyridine rings is 1. The highest BCUT2D eigenvalue weighted by Gasteiger charge is 2.02. The van der Waals surface area contributed by atoms with Crippen LogP contribution >= 0.6 is 11.8 Å². The molecule has 0 radical (unpaired) electrons. The van der Waals surface area contributed by atoms with E-state index in [4.69, 9.17) is 5.11 Å². The molecule has 0 aromatic carbocycles. The van der Waals surface area contributed by atoms with Gasteiger partial charge in [0.05, 0.1) is 5.69 Å². The molecule has 96 valence electrons. The minimum atomic E-state index is 0.262. The second-order valence-corrected chi connectivity index (χ2v) is 5.27. The van der Waals surface area contributed by atoms with Gasteiger partial charge in [-0.2, -0.15) is 11.8 Å². The quantitative estimate of drug-likeness (QED) is 0.749. The fourth-order valence-corrected chi connectivity index (χ4v) is 2.32. The first-order valence-corrected chi connectivity index (χ1v) is 7.30. The van der Waals surface area contributed by atoms with Crippen molar-refractivity contribution >= 4 is 17.6 Å². The van der Waals surface area contributed by atoms with Crippen LogP contribution in [0.3, 0.4) is 0 Å². The summed E-state index contributed by atoms with van der Waals surface area (Å²) in [7, 11) is 0. The van der Waals surface area contributed by atoms with E-state index in [1.54, 1.807) is 0 Å². The first kappa shape index (κ1) is 14.3. The molecule has 0 spiro atoms. The largest absolute Gasteiger partial charge is 0.396 e. The van der Waals surface area contributed by atoms with E-state index in [1.165, 1.54) is 0 Å². The topological polar surface area (TPSA) is 45.1 Å². The summed E-state index contributed by atoms with van der Waals surface area (Å²) in [4.78, 5) is 4.54. The van der Waals surface area contributed by atoms with E-state index in [-0.39, 0.29) is 6.61 Å². The van der Waals surface area contributed by atoms with Gasteiger partial charge in [-0.05, 0) is 30.2 Å². The van der Waals surface area contributed by atoms with Crippen LogP contribution in [0.4, 0.5) is 5.82 Å². The van der Waals surface area contributed by atoms with Crippen molar-refractivity contribution in [1.82, 2.24) is 4.98 Å². The Morgan fingerprint density at radius 3 is 3.00 bits per heavy atom. The number of anilines is 1. The fourth-order valence-electron chi connectivity index (χ4n) is 1.33. The van der Waals surface area contributed by atoms with Crippen LogP contribution in [-0.4, -0.2) is 29.0 Å². The number of hydrogen-bond donors (Lipinski definition) is 2. The Hall–Kier alpha value is -0.740. The molecule has 3 nitrogen and oxygen atoms in total. The number of aromatic nitrogens is 1.